The largest absolute Gasteiger partial charge is 0.450 e. The van der Waals surface area contributed by atoms with Gasteiger partial charge in [0.1, 0.15) is 11.3 Å². The molecule has 0 aliphatic carbocycles. The van der Waals surface area contributed by atoms with E-state index in [9.17, 15) is 14.4 Å². The minimum atomic E-state index is -0.779. The van der Waals surface area contributed by atoms with Gasteiger partial charge in [-0.15, -0.1) is 0 Å². The average Bonchev–Trinajstić information content (AvgIpc) is 3.15. The van der Waals surface area contributed by atoms with E-state index >= 15 is 0 Å². The predicted molar refractivity (Wildman–Crippen MR) is 109 cm³/mol. The van der Waals surface area contributed by atoms with Gasteiger partial charge in [-0.05, 0) is 49.4 Å². The number of aryl methyl sites for hydroxylation is 1. The van der Waals surface area contributed by atoms with E-state index in [1.807, 2.05) is 31.2 Å². The molecule has 3 aromatic rings. The molecule has 1 aliphatic rings. The lowest BCUT2D eigenvalue weighted by Gasteiger charge is -2.26. The quantitative estimate of drug-likeness (QED) is 0.515. The highest BCUT2D eigenvalue weighted by Crippen LogP contribution is 2.30. The molecule has 4 rings (SSSR count). The van der Waals surface area contributed by atoms with Gasteiger partial charge < -0.3 is 4.42 Å². The number of benzene rings is 2. The molecule has 1 saturated heterocycles. The van der Waals surface area contributed by atoms with E-state index in [0.29, 0.717) is 16.5 Å². The van der Waals surface area contributed by atoms with Crippen molar-refractivity contribution in [3.05, 3.63) is 83.6 Å². The average molecular weight is 404 g/mol. The Morgan fingerprint density at radius 3 is 2.38 bits per heavy atom. The second kappa shape index (κ2) is 7.81. The van der Waals surface area contributed by atoms with Crippen molar-refractivity contribution in [1.82, 2.24) is 5.32 Å². The summed E-state index contributed by atoms with van der Waals surface area (Å²) in [5, 5.41) is 2.82. The van der Waals surface area contributed by atoms with Crippen LogP contribution in [0.4, 0.5) is 10.5 Å². The maximum absolute atomic E-state index is 12.8. The number of rotatable bonds is 4. The molecule has 6 nitrogen and oxygen atoms in total. The predicted octanol–water partition coefficient (Wildman–Crippen LogP) is 4.41. The Labute approximate surface area is 171 Å². The van der Waals surface area contributed by atoms with E-state index < -0.39 is 17.8 Å². The van der Waals surface area contributed by atoms with Crippen molar-refractivity contribution >= 4 is 41.4 Å². The van der Waals surface area contributed by atoms with Gasteiger partial charge in [0, 0.05) is 4.90 Å². The molecule has 1 fully saturated rings. The van der Waals surface area contributed by atoms with Gasteiger partial charge in [-0.2, -0.15) is 0 Å². The third-order valence-corrected chi connectivity index (χ3v) is 5.17. The van der Waals surface area contributed by atoms with E-state index in [2.05, 4.69) is 5.32 Å². The Balaban J connectivity index is 1.59. The fraction of sp³-hybridized carbons (Fsp3) is 0.0455. The number of carbonyl (C=O) groups excluding carboxylic acids is 3. The molecule has 4 amide bonds. The van der Waals surface area contributed by atoms with Gasteiger partial charge in [-0.1, -0.05) is 47.7 Å². The van der Waals surface area contributed by atoms with Crippen molar-refractivity contribution in [3.63, 3.8) is 0 Å². The summed E-state index contributed by atoms with van der Waals surface area (Å²) in [6.45, 7) is 2.02. The van der Waals surface area contributed by atoms with Crippen LogP contribution >= 0.6 is 11.8 Å². The first kappa shape index (κ1) is 18.8. The summed E-state index contributed by atoms with van der Waals surface area (Å²) in [7, 11) is 0. The van der Waals surface area contributed by atoms with Crippen LogP contribution in [0.1, 0.15) is 11.3 Å². The summed E-state index contributed by atoms with van der Waals surface area (Å²) in [5.74, 6) is -1.11. The molecule has 144 valence electrons. The maximum atomic E-state index is 12.8. The van der Waals surface area contributed by atoms with Gasteiger partial charge in [0.2, 0.25) is 0 Å². The molecule has 1 aromatic heterocycles. The van der Waals surface area contributed by atoms with E-state index in [-0.39, 0.29) is 5.57 Å². The molecule has 0 saturated carbocycles. The molecule has 0 bridgehead atoms. The van der Waals surface area contributed by atoms with Crippen LogP contribution < -0.4 is 10.2 Å². The van der Waals surface area contributed by atoms with Crippen LogP contribution in [0.5, 0.6) is 0 Å². The van der Waals surface area contributed by atoms with Crippen LogP contribution in [0, 0.1) is 6.92 Å². The topological polar surface area (TPSA) is 79.6 Å². The molecular formula is C22H16N2O4S. The number of urea groups is 1. The zero-order valence-corrected chi connectivity index (χ0v) is 16.2. The van der Waals surface area contributed by atoms with Crippen LogP contribution in [0.15, 0.2) is 86.7 Å². The lowest BCUT2D eigenvalue weighted by atomic mass is 10.1. The van der Waals surface area contributed by atoms with Crippen molar-refractivity contribution in [2.75, 3.05) is 4.90 Å². The highest BCUT2D eigenvalue weighted by molar-refractivity contribution is 7.99. The number of hydrogen-bond donors (Lipinski definition) is 1. The summed E-state index contributed by atoms with van der Waals surface area (Å²) < 4.78 is 5.74. The number of nitrogens with one attached hydrogen (secondary N) is 1. The van der Waals surface area contributed by atoms with Crippen LogP contribution in [-0.4, -0.2) is 17.8 Å². The first-order valence-electron chi connectivity index (χ1n) is 8.82. The zero-order chi connectivity index (χ0) is 20.4. The molecule has 2 aromatic carbocycles. The van der Waals surface area contributed by atoms with Crippen molar-refractivity contribution in [1.29, 1.82) is 0 Å². The van der Waals surface area contributed by atoms with Crippen molar-refractivity contribution in [2.45, 2.75) is 16.9 Å². The number of furan rings is 1. The number of hydrogen-bond acceptors (Lipinski definition) is 5. The second-order valence-corrected chi connectivity index (χ2v) is 7.44. The zero-order valence-electron chi connectivity index (χ0n) is 15.4. The summed E-state index contributed by atoms with van der Waals surface area (Å²) in [5.41, 5.74) is 1.37. The maximum Gasteiger partial charge on any atom is 0.335 e. The first-order valence-corrected chi connectivity index (χ1v) is 9.64. The van der Waals surface area contributed by atoms with Gasteiger partial charge in [0.15, 0.2) is 5.09 Å². The number of barbiturate groups is 1. The molecule has 29 heavy (non-hydrogen) atoms. The third-order valence-electron chi connectivity index (χ3n) is 4.24. The monoisotopic (exact) mass is 404 g/mol. The highest BCUT2D eigenvalue weighted by Gasteiger charge is 2.36. The normalized spacial score (nSPS) is 15.7. The second-order valence-electron chi connectivity index (χ2n) is 6.37. The molecule has 1 N–H and O–H groups in total. The fourth-order valence-electron chi connectivity index (χ4n) is 2.80. The number of amides is 4. The summed E-state index contributed by atoms with van der Waals surface area (Å²) in [6.07, 6.45) is 1.35. The van der Waals surface area contributed by atoms with Crippen molar-refractivity contribution in [3.8, 4) is 0 Å². The molecule has 0 radical (unpaired) electrons. The van der Waals surface area contributed by atoms with Crippen LogP contribution in [0.2, 0.25) is 0 Å². The number of imide groups is 2. The van der Waals surface area contributed by atoms with Crippen LogP contribution in [-0.2, 0) is 9.59 Å². The number of carbonyl (C=O) groups is 3. The number of nitrogens with zero attached hydrogens (tertiary/aromatic N) is 1. The SMILES string of the molecule is Cc1ccc(Sc2ccc(/C=C3\C(=O)NC(=O)N(c4ccccc4)C3=O)o2)cc1. The number of para-hydroxylation sites is 1. The van der Waals surface area contributed by atoms with Gasteiger partial charge in [0.25, 0.3) is 11.8 Å². The molecule has 0 atom stereocenters. The van der Waals surface area contributed by atoms with Crippen molar-refractivity contribution in [2.24, 2.45) is 0 Å². The van der Waals surface area contributed by atoms with E-state index in [1.165, 1.54) is 23.4 Å². The lowest BCUT2D eigenvalue weighted by molar-refractivity contribution is -0.122. The number of anilines is 1. The van der Waals surface area contributed by atoms with Gasteiger partial charge >= 0.3 is 6.03 Å². The summed E-state index contributed by atoms with van der Waals surface area (Å²) in [4.78, 5) is 39.1. The molecular weight excluding hydrogens is 388 g/mol. The van der Waals surface area contributed by atoms with Crippen LogP contribution in [0.3, 0.4) is 0 Å². The Morgan fingerprint density at radius 1 is 0.931 bits per heavy atom. The fourth-order valence-corrected chi connectivity index (χ4v) is 3.58. The van der Waals surface area contributed by atoms with Gasteiger partial charge in [0.05, 0.1) is 5.69 Å². The molecule has 7 heteroatoms. The van der Waals surface area contributed by atoms with Gasteiger partial charge in [-0.3, -0.25) is 14.9 Å². The highest BCUT2D eigenvalue weighted by atomic mass is 32.2. The van der Waals surface area contributed by atoms with E-state index in [4.69, 9.17) is 4.42 Å². The standard InChI is InChI=1S/C22H16N2O4S/c1-14-7-10-17(11-8-14)29-19-12-9-16(28-19)13-18-20(25)23-22(27)24(21(18)26)15-5-3-2-4-6-15/h2-13H,1H3,(H,23,25,27)/b18-13+. The van der Waals surface area contributed by atoms with Crippen molar-refractivity contribution < 1.29 is 18.8 Å². The van der Waals surface area contributed by atoms with E-state index in [0.717, 1.165) is 9.80 Å². The van der Waals surface area contributed by atoms with Crippen LogP contribution in [0.25, 0.3) is 6.08 Å². The van der Waals surface area contributed by atoms with Gasteiger partial charge in [-0.25, -0.2) is 9.69 Å². The Kier molecular flexibility index (Phi) is 5.05. The summed E-state index contributed by atoms with van der Waals surface area (Å²) in [6, 6.07) is 19.1. The summed E-state index contributed by atoms with van der Waals surface area (Å²) >= 11 is 1.43. The first-order chi connectivity index (χ1) is 14.0. The van der Waals surface area contributed by atoms with E-state index in [1.54, 1.807) is 42.5 Å². The molecule has 0 unspecified atom stereocenters. The minimum absolute atomic E-state index is 0.172. The molecule has 0 spiro atoms. The lowest BCUT2D eigenvalue weighted by Crippen LogP contribution is -2.54. The smallest absolute Gasteiger partial charge is 0.335 e. The minimum Gasteiger partial charge on any atom is -0.450 e. The Morgan fingerprint density at radius 2 is 1.66 bits per heavy atom. The molecule has 1 aliphatic heterocycles. The Bertz CT molecular complexity index is 1120. The molecule has 2 heterocycles. The third kappa shape index (κ3) is 4.00. The Hall–Kier alpha value is -3.58.